The van der Waals surface area contributed by atoms with Crippen LogP contribution >= 0.6 is 23.1 Å². The van der Waals surface area contributed by atoms with Gasteiger partial charge in [0.2, 0.25) is 5.91 Å². The van der Waals surface area contributed by atoms with Gasteiger partial charge in [-0.05, 0) is 6.92 Å². The van der Waals surface area contributed by atoms with E-state index in [2.05, 4.69) is 10.3 Å². The normalized spacial score (nSPS) is 9.83. The highest BCUT2D eigenvalue weighted by molar-refractivity contribution is 8.01. The number of thiazole rings is 1. The van der Waals surface area contributed by atoms with Crippen molar-refractivity contribution in [1.29, 1.82) is 0 Å². The molecule has 5 heteroatoms. The van der Waals surface area contributed by atoms with Gasteiger partial charge in [0.25, 0.3) is 0 Å². The second-order valence-electron chi connectivity index (χ2n) is 2.22. The van der Waals surface area contributed by atoms with Crippen molar-refractivity contribution < 1.29 is 4.79 Å². The average Bonchev–Trinajstić information content (AvgIpc) is 2.47. The first-order valence-electron chi connectivity index (χ1n) is 3.48. The molecule has 0 aromatic carbocycles. The minimum atomic E-state index is 0.0350. The summed E-state index contributed by atoms with van der Waals surface area (Å²) in [5, 5.41) is 4.54. The van der Waals surface area contributed by atoms with Crippen LogP contribution in [0.5, 0.6) is 0 Å². The Morgan fingerprint density at radius 1 is 1.83 bits per heavy atom. The highest BCUT2D eigenvalue weighted by atomic mass is 32.2. The first-order chi connectivity index (χ1) is 5.72. The maximum Gasteiger partial charge on any atom is 0.230 e. The largest absolute Gasteiger partial charge is 0.358 e. The van der Waals surface area contributed by atoms with E-state index in [0.717, 1.165) is 10.0 Å². The predicted octanol–water partition coefficient (Wildman–Crippen LogP) is 1.29. The fourth-order valence-corrected chi connectivity index (χ4v) is 2.32. The molecular weight excluding hydrogens is 192 g/mol. The standard InChI is InChI=1S/C7H10N2OS2/c1-5-3-11-7(9-5)12-4-6(10)8-2/h3H,4H2,1-2H3,(H,8,10). The van der Waals surface area contributed by atoms with E-state index in [1.54, 1.807) is 18.4 Å². The Kier molecular flexibility index (Phi) is 3.55. The van der Waals surface area contributed by atoms with E-state index in [0.29, 0.717) is 5.75 Å². The van der Waals surface area contributed by atoms with Crippen LogP contribution in [0.15, 0.2) is 9.72 Å². The molecule has 1 N–H and O–H groups in total. The zero-order chi connectivity index (χ0) is 8.97. The maximum absolute atomic E-state index is 10.8. The summed E-state index contributed by atoms with van der Waals surface area (Å²) in [5.74, 6) is 0.483. The first kappa shape index (κ1) is 9.54. The predicted molar refractivity (Wildman–Crippen MR) is 51.6 cm³/mol. The number of carbonyl (C=O) groups excluding carboxylic acids is 1. The molecule has 1 amide bonds. The molecule has 0 aliphatic rings. The van der Waals surface area contributed by atoms with Crippen molar-refractivity contribution in [2.75, 3.05) is 12.8 Å². The quantitative estimate of drug-likeness (QED) is 0.751. The number of rotatable bonds is 3. The molecule has 0 bridgehead atoms. The van der Waals surface area contributed by atoms with Crippen molar-refractivity contribution in [3.05, 3.63) is 11.1 Å². The van der Waals surface area contributed by atoms with Gasteiger partial charge in [-0.2, -0.15) is 0 Å². The number of thioether (sulfide) groups is 1. The first-order valence-corrected chi connectivity index (χ1v) is 5.34. The molecule has 0 spiro atoms. The second kappa shape index (κ2) is 4.47. The number of aromatic nitrogens is 1. The fraction of sp³-hybridized carbons (Fsp3) is 0.429. The van der Waals surface area contributed by atoms with Crippen LogP contribution in [0.3, 0.4) is 0 Å². The highest BCUT2D eigenvalue weighted by Gasteiger charge is 2.02. The van der Waals surface area contributed by atoms with Crippen LogP contribution in [0.2, 0.25) is 0 Å². The molecule has 0 fully saturated rings. The Labute approximate surface area is 79.6 Å². The number of amides is 1. The third-order valence-electron chi connectivity index (χ3n) is 1.20. The number of hydrogen-bond donors (Lipinski definition) is 1. The molecule has 0 unspecified atom stereocenters. The van der Waals surface area contributed by atoms with Crippen LogP contribution in [0.25, 0.3) is 0 Å². The van der Waals surface area contributed by atoms with Gasteiger partial charge in [0, 0.05) is 18.1 Å². The molecule has 0 atom stereocenters. The van der Waals surface area contributed by atoms with E-state index in [4.69, 9.17) is 0 Å². The molecule has 1 rings (SSSR count). The number of hydrogen-bond acceptors (Lipinski definition) is 4. The molecule has 3 nitrogen and oxygen atoms in total. The molecule has 0 aliphatic heterocycles. The van der Waals surface area contributed by atoms with Crippen LogP contribution < -0.4 is 5.32 Å². The summed E-state index contributed by atoms with van der Waals surface area (Å²) in [6.07, 6.45) is 0. The zero-order valence-electron chi connectivity index (χ0n) is 6.96. The van der Waals surface area contributed by atoms with Crippen LogP contribution in [-0.2, 0) is 4.79 Å². The van der Waals surface area contributed by atoms with Crippen molar-refractivity contribution in [3.63, 3.8) is 0 Å². The Morgan fingerprint density at radius 3 is 3.08 bits per heavy atom. The minimum Gasteiger partial charge on any atom is -0.358 e. The third-order valence-corrected chi connectivity index (χ3v) is 3.34. The average molecular weight is 202 g/mol. The van der Waals surface area contributed by atoms with Crippen LogP contribution in [0.1, 0.15) is 5.69 Å². The van der Waals surface area contributed by atoms with Gasteiger partial charge in [0.05, 0.1) is 5.75 Å². The Hall–Kier alpha value is -0.550. The lowest BCUT2D eigenvalue weighted by atomic mass is 10.6. The molecule has 0 saturated carbocycles. The van der Waals surface area contributed by atoms with Crippen molar-refractivity contribution >= 4 is 29.0 Å². The van der Waals surface area contributed by atoms with E-state index in [1.165, 1.54) is 11.8 Å². The van der Waals surface area contributed by atoms with Gasteiger partial charge < -0.3 is 5.32 Å². The van der Waals surface area contributed by atoms with Gasteiger partial charge in [-0.15, -0.1) is 11.3 Å². The minimum absolute atomic E-state index is 0.0350. The SMILES string of the molecule is CNC(=O)CSc1nc(C)cs1. The van der Waals surface area contributed by atoms with E-state index < -0.39 is 0 Å². The maximum atomic E-state index is 10.8. The van der Waals surface area contributed by atoms with Gasteiger partial charge in [-0.3, -0.25) is 4.79 Å². The van der Waals surface area contributed by atoms with Gasteiger partial charge in [-0.25, -0.2) is 4.98 Å². The summed E-state index contributed by atoms with van der Waals surface area (Å²) >= 11 is 3.04. The van der Waals surface area contributed by atoms with Crippen LogP contribution in [0, 0.1) is 6.92 Å². The summed E-state index contributed by atoms with van der Waals surface area (Å²) in [7, 11) is 1.63. The Bertz CT molecular complexity index is 272. The van der Waals surface area contributed by atoms with E-state index >= 15 is 0 Å². The van der Waals surface area contributed by atoms with E-state index in [1.807, 2.05) is 12.3 Å². The second-order valence-corrected chi connectivity index (χ2v) is 4.30. The van der Waals surface area contributed by atoms with Gasteiger partial charge >= 0.3 is 0 Å². The Balaban J connectivity index is 2.38. The summed E-state index contributed by atoms with van der Waals surface area (Å²) < 4.78 is 0.955. The lowest BCUT2D eigenvalue weighted by Crippen LogP contribution is -2.19. The lowest BCUT2D eigenvalue weighted by Gasteiger charge is -1.95. The van der Waals surface area contributed by atoms with Crippen LogP contribution in [0.4, 0.5) is 0 Å². The smallest absolute Gasteiger partial charge is 0.230 e. The van der Waals surface area contributed by atoms with Crippen molar-refractivity contribution in [1.82, 2.24) is 10.3 Å². The number of nitrogens with one attached hydrogen (secondary N) is 1. The highest BCUT2D eigenvalue weighted by Crippen LogP contribution is 2.21. The fourth-order valence-electron chi connectivity index (χ4n) is 0.598. The third kappa shape index (κ3) is 2.83. The van der Waals surface area contributed by atoms with Crippen molar-refractivity contribution in [2.45, 2.75) is 11.3 Å². The summed E-state index contributed by atoms with van der Waals surface area (Å²) in [6, 6.07) is 0. The van der Waals surface area contributed by atoms with Crippen molar-refractivity contribution in [2.24, 2.45) is 0 Å². The molecular formula is C7H10N2OS2. The summed E-state index contributed by atoms with van der Waals surface area (Å²) in [4.78, 5) is 15.1. The zero-order valence-corrected chi connectivity index (χ0v) is 8.59. The molecule has 66 valence electrons. The molecule has 1 aromatic heterocycles. The lowest BCUT2D eigenvalue weighted by molar-refractivity contribution is -0.118. The van der Waals surface area contributed by atoms with Gasteiger partial charge in [0.1, 0.15) is 0 Å². The number of aryl methyl sites for hydroxylation is 1. The molecule has 1 aromatic rings. The number of nitrogens with zero attached hydrogens (tertiary/aromatic N) is 1. The van der Waals surface area contributed by atoms with Gasteiger partial charge in [-0.1, -0.05) is 11.8 Å². The Morgan fingerprint density at radius 2 is 2.58 bits per heavy atom. The molecule has 1 heterocycles. The van der Waals surface area contributed by atoms with Gasteiger partial charge in [0.15, 0.2) is 4.34 Å². The summed E-state index contributed by atoms with van der Waals surface area (Å²) in [5.41, 5.74) is 1.01. The van der Waals surface area contributed by atoms with E-state index in [9.17, 15) is 4.79 Å². The van der Waals surface area contributed by atoms with E-state index in [-0.39, 0.29) is 5.91 Å². The summed E-state index contributed by atoms with van der Waals surface area (Å²) in [6.45, 7) is 1.94. The van der Waals surface area contributed by atoms with Crippen molar-refractivity contribution in [3.8, 4) is 0 Å². The molecule has 0 radical (unpaired) electrons. The number of carbonyl (C=O) groups is 1. The topological polar surface area (TPSA) is 42.0 Å². The molecule has 12 heavy (non-hydrogen) atoms. The molecule has 0 aliphatic carbocycles. The monoisotopic (exact) mass is 202 g/mol. The van der Waals surface area contributed by atoms with Crippen LogP contribution in [-0.4, -0.2) is 23.7 Å². The molecule has 0 saturated heterocycles.